The molecule has 6 nitrogen and oxygen atoms in total. The Balaban J connectivity index is 1.30. The Labute approximate surface area is 163 Å². The minimum atomic E-state index is -0.116. The molecule has 28 heavy (non-hydrogen) atoms. The van der Waals surface area contributed by atoms with Crippen molar-refractivity contribution in [2.75, 3.05) is 13.1 Å². The van der Waals surface area contributed by atoms with Gasteiger partial charge in [0, 0.05) is 54.9 Å². The zero-order valence-electron chi connectivity index (χ0n) is 15.8. The summed E-state index contributed by atoms with van der Waals surface area (Å²) in [5.74, 6) is 2.29. The first-order valence-electron chi connectivity index (χ1n) is 10.1. The van der Waals surface area contributed by atoms with Gasteiger partial charge in [0.25, 0.3) is 5.91 Å². The average molecular weight is 376 g/mol. The van der Waals surface area contributed by atoms with E-state index in [0.717, 1.165) is 31.1 Å². The number of nitrogens with one attached hydrogen (secondary N) is 1. The van der Waals surface area contributed by atoms with Crippen LogP contribution in [0.5, 0.6) is 0 Å². The molecule has 1 saturated carbocycles. The molecule has 3 aromatic rings. The number of rotatable bonds is 4. The van der Waals surface area contributed by atoms with E-state index in [-0.39, 0.29) is 11.3 Å². The lowest BCUT2D eigenvalue weighted by Crippen LogP contribution is -2.39. The molecule has 0 bridgehead atoms. The number of nitrogens with zero attached hydrogens (tertiary/aromatic N) is 3. The van der Waals surface area contributed by atoms with Crippen LogP contribution in [0.2, 0.25) is 0 Å². The number of fused-ring (bicyclic) bond motifs is 1. The smallest absolute Gasteiger partial charge is 0.270 e. The van der Waals surface area contributed by atoms with Crippen LogP contribution in [-0.4, -0.2) is 38.4 Å². The number of carbonyl (C=O) groups is 1. The Hall–Kier alpha value is -2.89. The van der Waals surface area contributed by atoms with Crippen LogP contribution in [0.15, 0.2) is 47.5 Å². The van der Waals surface area contributed by atoms with Crippen molar-refractivity contribution in [2.45, 2.75) is 38.1 Å². The Morgan fingerprint density at radius 3 is 2.71 bits per heavy atom. The molecule has 0 radical (unpaired) electrons. The number of H-pyrrole nitrogens is 1. The van der Waals surface area contributed by atoms with Crippen molar-refractivity contribution < 1.29 is 4.79 Å². The molecule has 1 N–H and O–H groups in total. The number of imidazole rings is 1. The summed E-state index contributed by atoms with van der Waals surface area (Å²) in [7, 11) is 0. The van der Waals surface area contributed by atoms with E-state index in [1.54, 1.807) is 6.07 Å². The predicted molar refractivity (Wildman–Crippen MR) is 107 cm³/mol. The Bertz CT molecular complexity index is 1070. The van der Waals surface area contributed by atoms with Crippen molar-refractivity contribution in [1.29, 1.82) is 0 Å². The normalized spacial score (nSPS) is 17.9. The first-order valence-corrected chi connectivity index (χ1v) is 10.1. The van der Waals surface area contributed by atoms with E-state index >= 15 is 0 Å². The molecule has 144 valence electrons. The summed E-state index contributed by atoms with van der Waals surface area (Å²) >= 11 is 0. The van der Waals surface area contributed by atoms with Crippen molar-refractivity contribution in [3.63, 3.8) is 0 Å². The highest BCUT2D eigenvalue weighted by atomic mass is 16.2. The molecule has 2 aromatic heterocycles. The second-order valence-corrected chi connectivity index (χ2v) is 8.04. The number of hydrogen-bond donors (Lipinski definition) is 1. The topological polar surface area (TPSA) is 71.0 Å². The quantitative estimate of drug-likeness (QED) is 0.760. The lowest BCUT2D eigenvalue weighted by atomic mass is 9.95. The van der Waals surface area contributed by atoms with Crippen LogP contribution in [0, 0.1) is 5.92 Å². The lowest BCUT2D eigenvalue weighted by Gasteiger charge is -2.32. The van der Waals surface area contributed by atoms with E-state index in [9.17, 15) is 9.59 Å². The van der Waals surface area contributed by atoms with Crippen molar-refractivity contribution in [3.05, 3.63) is 64.5 Å². The molecule has 1 aliphatic heterocycles. The van der Waals surface area contributed by atoms with Crippen LogP contribution < -0.4 is 5.43 Å². The molecule has 0 unspecified atom stereocenters. The zero-order valence-corrected chi connectivity index (χ0v) is 15.8. The fourth-order valence-corrected chi connectivity index (χ4v) is 4.24. The number of hydrogen-bond acceptors (Lipinski definition) is 3. The Morgan fingerprint density at radius 1 is 1.14 bits per heavy atom. The number of benzene rings is 1. The SMILES string of the molecule is O=C(c1cc(=O)c2ccccc2[nH]1)N1CCC(c2nccn2CC2CC2)CC1. The van der Waals surface area contributed by atoms with Gasteiger partial charge in [0.2, 0.25) is 0 Å². The fourth-order valence-electron chi connectivity index (χ4n) is 4.24. The second-order valence-electron chi connectivity index (χ2n) is 8.04. The van der Waals surface area contributed by atoms with Gasteiger partial charge < -0.3 is 14.5 Å². The number of pyridine rings is 1. The van der Waals surface area contributed by atoms with Crippen LogP contribution in [0.3, 0.4) is 0 Å². The molecular weight excluding hydrogens is 352 g/mol. The van der Waals surface area contributed by atoms with Crippen LogP contribution in [0.25, 0.3) is 10.9 Å². The molecule has 2 fully saturated rings. The van der Waals surface area contributed by atoms with E-state index in [4.69, 9.17) is 0 Å². The molecule has 6 heteroatoms. The first kappa shape index (κ1) is 17.2. The van der Waals surface area contributed by atoms with Gasteiger partial charge in [-0.3, -0.25) is 9.59 Å². The van der Waals surface area contributed by atoms with Gasteiger partial charge >= 0.3 is 0 Å². The van der Waals surface area contributed by atoms with Crippen LogP contribution in [0.1, 0.15) is 47.9 Å². The highest BCUT2D eigenvalue weighted by Crippen LogP contribution is 2.33. The molecule has 0 atom stereocenters. The summed E-state index contributed by atoms with van der Waals surface area (Å²) < 4.78 is 2.31. The van der Waals surface area contributed by atoms with Gasteiger partial charge in [-0.25, -0.2) is 4.98 Å². The first-order chi connectivity index (χ1) is 13.7. The van der Waals surface area contributed by atoms with Crippen molar-refractivity contribution >= 4 is 16.8 Å². The maximum absolute atomic E-state index is 12.9. The molecule has 1 amide bonds. The third kappa shape index (κ3) is 3.23. The molecule has 5 rings (SSSR count). The van der Waals surface area contributed by atoms with Gasteiger partial charge in [0.1, 0.15) is 11.5 Å². The fraction of sp³-hybridized carbons (Fsp3) is 0.409. The summed E-state index contributed by atoms with van der Waals surface area (Å²) in [6, 6.07) is 8.73. The predicted octanol–water partition coefficient (Wildman–Crippen LogP) is 3.15. The molecule has 0 spiro atoms. The number of piperidine rings is 1. The average Bonchev–Trinajstić information content (AvgIpc) is 3.42. The summed E-state index contributed by atoms with van der Waals surface area (Å²) in [6.45, 7) is 2.45. The second kappa shape index (κ2) is 6.93. The minimum absolute atomic E-state index is 0.0948. The Kier molecular flexibility index (Phi) is 4.26. The number of para-hydroxylation sites is 1. The van der Waals surface area contributed by atoms with Gasteiger partial charge in [0.05, 0.1) is 0 Å². The molecular formula is C22H24N4O2. The van der Waals surface area contributed by atoms with Crippen LogP contribution in [-0.2, 0) is 6.54 Å². The number of carbonyl (C=O) groups excluding carboxylic acids is 1. The van der Waals surface area contributed by atoms with E-state index in [2.05, 4.69) is 20.7 Å². The van der Waals surface area contributed by atoms with E-state index in [0.29, 0.717) is 35.6 Å². The highest BCUT2D eigenvalue weighted by Gasteiger charge is 2.29. The highest BCUT2D eigenvalue weighted by molar-refractivity contribution is 5.94. The maximum Gasteiger partial charge on any atom is 0.270 e. The standard InChI is InChI=1S/C22H24N4O2/c27-20-13-19(24-18-4-2-1-3-17(18)20)22(28)25-10-7-16(8-11-25)21-23-9-12-26(21)14-15-5-6-15/h1-4,9,12-13,15-16H,5-8,10-11,14H2,(H,24,27). The van der Waals surface area contributed by atoms with E-state index in [1.807, 2.05) is 29.3 Å². The molecule has 1 saturated heterocycles. The van der Waals surface area contributed by atoms with Crippen LogP contribution in [0.4, 0.5) is 0 Å². The summed E-state index contributed by atoms with van der Waals surface area (Å²) in [6.07, 6.45) is 8.46. The molecule has 1 aromatic carbocycles. The molecule has 1 aliphatic carbocycles. The van der Waals surface area contributed by atoms with Crippen molar-refractivity contribution in [3.8, 4) is 0 Å². The number of aromatic nitrogens is 3. The molecule has 2 aliphatic rings. The van der Waals surface area contributed by atoms with Crippen LogP contribution >= 0.6 is 0 Å². The lowest BCUT2D eigenvalue weighted by molar-refractivity contribution is 0.0704. The third-order valence-electron chi connectivity index (χ3n) is 6.01. The Morgan fingerprint density at radius 2 is 1.93 bits per heavy atom. The van der Waals surface area contributed by atoms with Gasteiger partial charge in [0.15, 0.2) is 5.43 Å². The van der Waals surface area contributed by atoms with Crippen molar-refractivity contribution in [1.82, 2.24) is 19.4 Å². The monoisotopic (exact) mass is 376 g/mol. The van der Waals surface area contributed by atoms with Gasteiger partial charge in [-0.15, -0.1) is 0 Å². The summed E-state index contributed by atoms with van der Waals surface area (Å²) in [5.41, 5.74) is 0.961. The minimum Gasteiger partial charge on any atom is -0.350 e. The number of amides is 1. The summed E-state index contributed by atoms with van der Waals surface area (Å²) in [4.78, 5) is 34.9. The van der Waals surface area contributed by atoms with Gasteiger partial charge in [-0.05, 0) is 43.7 Å². The van der Waals surface area contributed by atoms with Crippen molar-refractivity contribution in [2.24, 2.45) is 5.92 Å². The number of likely N-dealkylation sites (tertiary alicyclic amines) is 1. The van der Waals surface area contributed by atoms with E-state index in [1.165, 1.54) is 18.9 Å². The zero-order chi connectivity index (χ0) is 19.1. The van der Waals surface area contributed by atoms with Gasteiger partial charge in [-0.1, -0.05) is 12.1 Å². The summed E-state index contributed by atoms with van der Waals surface area (Å²) in [5, 5.41) is 0.611. The third-order valence-corrected chi connectivity index (χ3v) is 6.01. The largest absolute Gasteiger partial charge is 0.350 e. The van der Waals surface area contributed by atoms with E-state index < -0.39 is 0 Å². The maximum atomic E-state index is 12.9. The molecule has 3 heterocycles. The van der Waals surface area contributed by atoms with Gasteiger partial charge in [-0.2, -0.15) is 0 Å². The number of aromatic amines is 1.